The standard InChI is InChI=1S/C6H6O.C3H6O/c7-6-4-2-1-3-5-6;1-2-3-4/h1-5,7H;3H,2H2,1H3. The Morgan fingerprint density at radius 2 is 1.82 bits per heavy atom. The highest BCUT2D eigenvalue weighted by Gasteiger charge is 1.74. The van der Waals surface area contributed by atoms with Crippen LogP contribution in [0.4, 0.5) is 0 Å². The minimum Gasteiger partial charge on any atom is -0.508 e. The van der Waals surface area contributed by atoms with Gasteiger partial charge >= 0.3 is 0 Å². The molecule has 1 N–H and O–H groups in total. The summed E-state index contributed by atoms with van der Waals surface area (Å²) in [4.78, 5) is 9.17. The second-order valence-electron chi connectivity index (χ2n) is 1.91. The first kappa shape index (κ1) is 9.69. The summed E-state index contributed by atoms with van der Waals surface area (Å²) in [7, 11) is 0. The van der Waals surface area contributed by atoms with E-state index in [-0.39, 0.29) is 0 Å². The maximum absolute atomic E-state index is 9.17. The molecular weight excluding hydrogens is 140 g/mol. The molecule has 0 aliphatic carbocycles. The average Bonchev–Trinajstić information content (AvgIpc) is 2.07. The Labute approximate surface area is 66.5 Å². The van der Waals surface area contributed by atoms with Gasteiger partial charge in [-0.3, -0.25) is 0 Å². The molecule has 2 nitrogen and oxygen atoms in total. The van der Waals surface area contributed by atoms with Crippen molar-refractivity contribution < 1.29 is 9.90 Å². The van der Waals surface area contributed by atoms with Crippen molar-refractivity contribution in [3.8, 4) is 5.75 Å². The average molecular weight is 152 g/mol. The van der Waals surface area contributed by atoms with E-state index in [9.17, 15) is 4.79 Å². The molecule has 0 amide bonds. The molecule has 11 heavy (non-hydrogen) atoms. The second-order valence-corrected chi connectivity index (χ2v) is 1.91. The van der Waals surface area contributed by atoms with Gasteiger partial charge in [0.1, 0.15) is 12.0 Å². The number of carbonyl (C=O) groups is 1. The van der Waals surface area contributed by atoms with Gasteiger partial charge in [0.2, 0.25) is 0 Å². The van der Waals surface area contributed by atoms with E-state index in [0.29, 0.717) is 12.2 Å². The van der Waals surface area contributed by atoms with E-state index >= 15 is 0 Å². The van der Waals surface area contributed by atoms with Crippen molar-refractivity contribution in [3.63, 3.8) is 0 Å². The molecule has 1 rings (SSSR count). The van der Waals surface area contributed by atoms with Crippen LogP contribution >= 0.6 is 0 Å². The number of aldehydes is 1. The molecule has 0 saturated carbocycles. The fraction of sp³-hybridized carbons (Fsp3) is 0.222. The number of phenols is 1. The van der Waals surface area contributed by atoms with E-state index in [0.717, 1.165) is 6.29 Å². The summed E-state index contributed by atoms with van der Waals surface area (Å²) in [5, 5.41) is 8.63. The summed E-state index contributed by atoms with van der Waals surface area (Å²) < 4.78 is 0. The molecule has 0 bridgehead atoms. The van der Waals surface area contributed by atoms with Crippen LogP contribution in [0, 0.1) is 0 Å². The molecule has 0 radical (unpaired) electrons. The van der Waals surface area contributed by atoms with E-state index in [1.54, 1.807) is 24.3 Å². The lowest BCUT2D eigenvalue weighted by atomic mass is 10.3. The van der Waals surface area contributed by atoms with Gasteiger partial charge < -0.3 is 9.90 Å². The first-order valence-electron chi connectivity index (χ1n) is 3.49. The maximum Gasteiger partial charge on any atom is 0.119 e. The number of rotatable bonds is 1. The molecule has 0 unspecified atom stereocenters. The third-order valence-corrected chi connectivity index (χ3v) is 0.923. The van der Waals surface area contributed by atoms with Crippen LogP contribution in [0.3, 0.4) is 0 Å². The van der Waals surface area contributed by atoms with Gasteiger partial charge in [-0.15, -0.1) is 0 Å². The minimum atomic E-state index is 0.322. The fourth-order valence-corrected chi connectivity index (χ4v) is 0.428. The molecule has 0 fully saturated rings. The third kappa shape index (κ3) is 6.58. The Bertz CT molecular complexity index is 182. The fourth-order valence-electron chi connectivity index (χ4n) is 0.428. The van der Waals surface area contributed by atoms with Gasteiger partial charge in [0.25, 0.3) is 0 Å². The Morgan fingerprint density at radius 1 is 1.36 bits per heavy atom. The van der Waals surface area contributed by atoms with Crippen molar-refractivity contribution in [3.05, 3.63) is 30.3 Å². The highest BCUT2D eigenvalue weighted by Crippen LogP contribution is 2.02. The molecule has 2 heteroatoms. The molecule has 0 aliphatic heterocycles. The summed E-state index contributed by atoms with van der Waals surface area (Å²) in [6, 6.07) is 8.71. The quantitative estimate of drug-likeness (QED) is 0.625. The van der Waals surface area contributed by atoms with Gasteiger partial charge in [0.15, 0.2) is 0 Å². The first-order chi connectivity index (χ1) is 5.31. The number of hydrogen-bond acceptors (Lipinski definition) is 2. The summed E-state index contributed by atoms with van der Waals surface area (Å²) in [5.41, 5.74) is 0. The monoisotopic (exact) mass is 152 g/mol. The molecular formula is C9H12O2. The Morgan fingerprint density at radius 3 is 2.00 bits per heavy atom. The van der Waals surface area contributed by atoms with E-state index < -0.39 is 0 Å². The van der Waals surface area contributed by atoms with Gasteiger partial charge in [-0.25, -0.2) is 0 Å². The van der Waals surface area contributed by atoms with Crippen molar-refractivity contribution in [2.75, 3.05) is 0 Å². The van der Waals surface area contributed by atoms with Crippen molar-refractivity contribution >= 4 is 6.29 Å². The lowest BCUT2D eigenvalue weighted by molar-refractivity contribution is -0.107. The zero-order valence-electron chi connectivity index (χ0n) is 6.53. The van der Waals surface area contributed by atoms with Gasteiger partial charge in [-0.05, 0) is 12.1 Å². The lowest BCUT2D eigenvalue weighted by Crippen LogP contribution is -1.56. The van der Waals surface area contributed by atoms with Crippen LogP contribution in [0.25, 0.3) is 0 Å². The Kier molecular flexibility index (Phi) is 5.99. The van der Waals surface area contributed by atoms with Crippen LogP contribution in [0.15, 0.2) is 30.3 Å². The van der Waals surface area contributed by atoms with E-state index in [1.165, 1.54) is 0 Å². The SMILES string of the molecule is CCC=O.Oc1ccccc1. The molecule has 0 spiro atoms. The van der Waals surface area contributed by atoms with Crippen LogP contribution in [0.2, 0.25) is 0 Å². The van der Waals surface area contributed by atoms with Crippen LogP contribution < -0.4 is 0 Å². The van der Waals surface area contributed by atoms with E-state index in [2.05, 4.69) is 0 Å². The maximum atomic E-state index is 9.17. The third-order valence-electron chi connectivity index (χ3n) is 0.923. The number of para-hydroxylation sites is 1. The topological polar surface area (TPSA) is 37.3 Å². The van der Waals surface area contributed by atoms with Crippen LogP contribution in [0.1, 0.15) is 13.3 Å². The second kappa shape index (κ2) is 6.81. The summed E-state index contributed by atoms with van der Waals surface area (Å²) in [6.07, 6.45) is 1.51. The van der Waals surface area contributed by atoms with Crippen LogP contribution in [-0.2, 0) is 4.79 Å². The van der Waals surface area contributed by atoms with Gasteiger partial charge in [0, 0.05) is 6.42 Å². The molecule has 0 heterocycles. The van der Waals surface area contributed by atoms with Crippen molar-refractivity contribution in [2.45, 2.75) is 13.3 Å². The molecule has 1 aromatic rings. The zero-order chi connectivity index (χ0) is 8.53. The van der Waals surface area contributed by atoms with Crippen molar-refractivity contribution in [1.82, 2.24) is 0 Å². The largest absolute Gasteiger partial charge is 0.508 e. The Hall–Kier alpha value is -1.31. The summed E-state index contributed by atoms with van der Waals surface area (Å²) >= 11 is 0. The molecule has 0 aromatic heterocycles. The summed E-state index contributed by atoms with van der Waals surface area (Å²) in [6.45, 7) is 1.81. The smallest absolute Gasteiger partial charge is 0.119 e. The number of hydrogen-bond donors (Lipinski definition) is 1. The van der Waals surface area contributed by atoms with E-state index in [1.807, 2.05) is 13.0 Å². The number of benzene rings is 1. The molecule has 0 saturated heterocycles. The van der Waals surface area contributed by atoms with Gasteiger partial charge in [-0.2, -0.15) is 0 Å². The normalized spacial score (nSPS) is 7.73. The molecule has 0 atom stereocenters. The lowest BCUT2D eigenvalue weighted by Gasteiger charge is -1.82. The minimum absolute atomic E-state index is 0.322. The predicted octanol–water partition coefficient (Wildman–Crippen LogP) is 1.99. The number of phenolic OH excluding ortho intramolecular Hbond substituents is 1. The molecule has 1 aromatic carbocycles. The number of carbonyl (C=O) groups excluding carboxylic acids is 1. The first-order valence-corrected chi connectivity index (χ1v) is 3.49. The van der Waals surface area contributed by atoms with E-state index in [4.69, 9.17) is 5.11 Å². The van der Waals surface area contributed by atoms with Crippen molar-refractivity contribution in [2.24, 2.45) is 0 Å². The predicted molar refractivity (Wildman–Crippen MR) is 44.5 cm³/mol. The van der Waals surface area contributed by atoms with Gasteiger partial charge in [0.05, 0.1) is 0 Å². The number of aromatic hydroxyl groups is 1. The summed E-state index contributed by atoms with van der Waals surface area (Å²) in [5.74, 6) is 0.322. The zero-order valence-corrected chi connectivity index (χ0v) is 6.53. The molecule has 60 valence electrons. The van der Waals surface area contributed by atoms with Crippen LogP contribution in [0.5, 0.6) is 5.75 Å². The highest BCUT2D eigenvalue weighted by molar-refractivity contribution is 5.48. The molecule has 0 aliphatic rings. The van der Waals surface area contributed by atoms with Gasteiger partial charge in [-0.1, -0.05) is 25.1 Å². The highest BCUT2D eigenvalue weighted by atomic mass is 16.3. The van der Waals surface area contributed by atoms with Crippen LogP contribution in [-0.4, -0.2) is 11.4 Å². The van der Waals surface area contributed by atoms with Crippen molar-refractivity contribution in [1.29, 1.82) is 0 Å². The Balaban J connectivity index is 0.000000218.